The van der Waals surface area contributed by atoms with Gasteiger partial charge in [0.05, 0.1) is 12.2 Å². The molecule has 1 aliphatic heterocycles. The number of fused-ring (bicyclic) bond motifs is 1. The summed E-state index contributed by atoms with van der Waals surface area (Å²) in [5.41, 5.74) is 9.81. The molecule has 0 bridgehead atoms. The van der Waals surface area contributed by atoms with Gasteiger partial charge in [-0.05, 0) is 37.3 Å². The van der Waals surface area contributed by atoms with Crippen LogP contribution in [0, 0.1) is 0 Å². The smallest absolute Gasteiger partial charge is 0.191 e. The molecule has 1 saturated heterocycles. The van der Waals surface area contributed by atoms with E-state index < -0.39 is 0 Å². The summed E-state index contributed by atoms with van der Waals surface area (Å²) in [6.45, 7) is 2.62. The Labute approximate surface area is 124 Å². The van der Waals surface area contributed by atoms with Crippen molar-refractivity contribution in [3.8, 4) is 0 Å². The second-order valence-electron chi connectivity index (χ2n) is 5.39. The third-order valence-corrected chi connectivity index (χ3v) is 4.92. The maximum Gasteiger partial charge on any atom is 0.191 e. The van der Waals surface area contributed by atoms with Crippen molar-refractivity contribution in [1.82, 2.24) is 9.88 Å². The second-order valence-corrected chi connectivity index (χ2v) is 6.61. The Kier molecular flexibility index (Phi) is 4.45. The van der Waals surface area contributed by atoms with Crippen molar-refractivity contribution in [3.05, 3.63) is 29.1 Å². The van der Waals surface area contributed by atoms with E-state index in [1.54, 1.807) is 0 Å². The lowest BCUT2D eigenvalue weighted by Crippen LogP contribution is -2.42. The average molecular weight is 290 g/mol. The number of rotatable bonds is 2. The van der Waals surface area contributed by atoms with Gasteiger partial charge in [-0.3, -0.25) is 4.98 Å². The van der Waals surface area contributed by atoms with Gasteiger partial charge in [0.1, 0.15) is 0 Å². The molecule has 2 heterocycles. The Morgan fingerprint density at radius 3 is 2.90 bits per heavy atom. The van der Waals surface area contributed by atoms with Crippen LogP contribution < -0.4 is 5.73 Å². The van der Waals surface area contributed by atoms with Crippen molar-refractivity contribution >= 4 is 17.7 Å². The first-order valence-electron chi connectivity index (χ1n) is 7.43. The summed E-state index contributed by atoms with van der Waals surface area (Å²) in [6, 6.07) is 4.33. The lowest BCUT2D eigenvalue weighted by molar-refractivity contribution is 0.455. The number of guanidine groups is 1. The van der Waals surface area contributed by atoms with E-state index >= 15 is 0 Å². The predicted molar refractivity (Wildman–Crippen MR) is 85.1 cm³/mol. The van der Waals surface area contributed by atoms with Gasteiger partial charge in [0.15, 0.2) is 5.96 Å². The van der Waals surface area contributed by atoms with Gasteiger partial charge in [-0.15, -0.1) is 0 Å². The Balaban J connectivity index is 1.65. The lowest BCUT2D eigenvalue weighted by Gasteiger charge is -2.27. The minimum atomic E-state index is 0.600. The van der Waals surface area contributed by atoms with Crippen LogP contribution in [-0.4, -0.2) is 40.4 Å². The van der Waals surface area contributed by atoms with Crippen LogP contribution in [0.5, 0.6) is 0 Å². The van der Waals surface area contributed by atoms with Crippen molar-refractivity contribution in [1.29, 1.82) is 0 Å². The number of thioether (sulfide) groups is 1. The SMILES string of the molecule is NC(=NCc1ccc2c(n1)CCCC2)N1CCSCC1. The number of nitrogens with two attached hydrogens (primary N) is 1. The molecular formula is C15H22N4S. The summed E-state index contributed by atoms with van der Waals surface area (Å²) in [5, 5.41) is 0. The van der Waals surface area contributed by atoms with E-state index in [4.69, 9.17) is 10.7 Å². The summed E-state index contributed by atoms with van der Waals surface area (Å²) < 4.78 is 0. The highest BCUT2D eigenvalue weighted by Crippen LogP contribution is 2.19. The van der Waals surface area contributed by atoms with Crippen LogP contribution in [0.4, 0.5) is 0 Å². The highest BCUT2D eigenvalue weighted by molar-refractivity contribution is 7.99. The van der Waals surface area contributed by atoms with E-state index in [0.717, 1.165) is 36.7 Å². The number of pyridine rings is 1. The lowest BCUT2D eigenvalue weighted by atomic mass is 9.96. The fourth-order valence-corrected chi connectivity index (χ4v) is 3.67. The molecule has 2 N–H and O–H groups in total. The molecule has 1 aromatic rings. The van der Waals surface area contributed by atoms with E-state index in [-0.39, 0.29) is 0 Å². The van der Waals surface area contributed by atoms with Crippen molar-refractivity contribution in [3.63, 3.8) is 0 Å². The minimum absolute atomic E-state index is 0.600. The molecule has 0 saturated carbocycles. The molecule has 0 unspecified atom stereocenters. The van der Waals surface area contributed by atoms with Crippen LogP contribution in [0.15, 0.2) is 17.1 Å². The van der Waals surface area contributed by atoms with E-state index in [1.165, 1.54) is 30.5 Å². The first-order valence-corrected chi connectivity index (χ1v) is 8.59. The highest BCUT2D eigenvalue weighted by Gasteiger charge is 2.13. The van der Waals surface area contributed by atoms with Gasteiger partial charge in [-0.25, -0.2) is 4.99 Å². The molecule has 0 atom stereocenters. The maximum absolute atomic E-state index is 6.07. The number of hydrogen-bond acceptors (Lipinski definition) is 3. The monoisotopic (exact) mass is 290 g/mol. The molecule has 0 amide bonds. The van der Waals surface area contributed by atoms with Gasteiger partial charge < -0.3 is 10.6 Å². The number of hydrogen-bond donors (Lipinski definition) is 1. The molecule has 2 aliphatic rings. The molecule has 108 valence electrons. The van der Waals surface area contributed by atoms with Crippen LogP contribution in [0.3, 0.4) is 0 Å². The fraction of sp³-hybridized carbons (Fsp3) is 0.600. The van der Waals surface area contributed by atoms with Crippen molar-refractivity contribution in [2.75, 3.05) is 24.6 Å². The topological polar surface area (TPSA) is 54.5 Å². The van der Waals surface area contributed by atoms with Crippen LogP contribution in [-0.2, 0) is 19.4 Å². The molecule has 0 aromatic carbocycles. The molecule has 20 heavy (non-hydrogen) atoms. The van der Waals surface area contributed by atoms with Crippen LogP contribution in [0.2, 0.25) is 0 Å². The molecule has 0 spiro atoms. The van der Waals surface area contributed by atoms with E-state index in [9.17, 15) is 0 Å². The van der Waals surface area contributed by atoms with Crippen molar-refractivity contribution < 1.29 is 0 Å². The quantitative estimate of drug-likeness (QED) is 0.667. The Morgan fingerprint density at radius 2 is 2.05 bits per heavy atom. The highest BCUT2D eigenvalue weighted by atomic mass is 32.2. The molecule has 5 heteroatoms. The van der Waals surface area contributed by atoms with Gasteiger partial charge in [-0.2, -0.15) is 11.8 Å². The fourth-order valence-electron chi connectivity index (χ4n) is 2.77. The van der Waals surface area contributed by atoms with Crippen LogP contribution in [0.1, 0.15) is 29.8 Å². The first-order chi connectivity index (χ1) is 9.83. The van der Waals surface area contributed by atoms with Gasteiger partial charge in [0.25, 0.3) is 0 Å². The minimum Gasteiger partial charge on any atom is -0.370 e. The molecular weight excluding hydrogens is 268 g/mol. The number of aryl methyl sites for hydroxylation is 2. The summed E-state index contributed by atoms with van der Waals surface area (Å²) >= 11 is 1.98. The molecule has 1 aromatic heterocycles. The van der Waals surface area contributed by atoms with Crippen LogP contribution >= 0.6 is 11.8 Å². The number of aromatic nitrogens is 1. The number of nitrogens with zero attached hydrogens (tertiary/aromatic N) is 3. The molecule has 0 radical (unpaired) electrons. The van der Waals surface area contributed by atoms with Gasteiger partial charge in [0.2, 0.25) is 0 Å². The zero-order valence-corrected chi connectivity index (χ0v) is 12.7. The largest absolute Gasteiger partial charge is 0.370 e. The molecule has 3 rings (SSSR count). The third kappa shape index (κ3) is 3.26. The summed E-state index contributed by atoms with van der Waals surface area (Å²) in [7, 11) is 0. The van der Waals surface area contributed by atoms with E-state index in [1.807, 2.05) is 11.8 Å². The summed E-state index contributed by atoms with van der Waals surface area (Å²) in [5.74, 6) is 2.96. The second kappa shape index (κ2) is 6.48. The van der Waals surface area contributed by atoms with E-state index in [0.29, 0.717) is 12.5 Å². The van der Waals surface area contributed by atoms with Crippen molar-refractivity contribution in [2.45, 2.75) is 32.2 Å². The first kappa shape index (κ1) is 13.7. The van der Waals surface area contributed by atoms with Gasteiger partial charge in [-0.1, -0.05) is 6.07 Å². The Bertz CT molecular complexity index is 495. The predicted octanol–water partition coefficient (Wildman–Crippen LogP) is 1.82. The molecule has 1 aliphatic carbocycles. The Morgan fingerprint density at radius 1 is 1.25 bits per heavy atom. The standard InChI is InChI=1S/C15H22N4S/c16-15(19-7-9-20-10-8-19)17-11-13-6-5-12-3-1-2-4-14(12)18-13/h5-6H,1-4,7-11H2,(H2,16,17). The Hall–Kier alpha value is -1.23. The van der Waals surface area contributed by atoms with Gasteiger partial charge >= 0.3 is 0 Å². The molecule has 1 fully saturated rings. The maximum atomic E-state index is 6.07. The molecule has 4 nitrogen and oxygen atoms in total. The van der Waals surface area contributed by atoms with Crippen molar-refractivity contribution in [2.24, 2.45) is 10.7 Å². The zero-order valence-electron chi connectivity index (χ0n) is 11.8. The van der Waals surface area contributed by atoms with Gasteiger partial charge in [0, 0.05) is 30.3 Å². The van der Waals surface area contributed by atoms with E-state index in [2.05, 4.69) is 22.0 Å². The number of aliphatic imine (C=N–C) groups is 1. The normalized spacial score (nSPS) is 19.8. The summed E-state index contributed by atoms with van der Waals surface area (Å²) in [4.78, 5) is 11.4. The zero-order chi connectivity index (χ0) is 13.8. The van der Waals surface area contributed by atoms with Crippen LogP contribution in [0.25, 0.3) is 0 Å². The third-order valence-electron chi connectivity index (χ3n) is 3.97. The average Bonchev–Trinajstić information content (AvgIpc) is 2.53. The summed E-state index contributed by atoms with van der Waals surface area (Å²) in [6.07, 6.45) is 4.86.